The van der Waals surface area contributed by atoms with E-state index in [4.69, 9.17) is 4.98 Å². The van der Waals surface area contributed by atoms with Gasteiger partial charge in [-0.15, -0.1) is 0 Å². The fraction of sp³-hybridized carbons (Fsp3) is 0.389. The van der Waals surface area contributed by atoms with Gasteiger partial charge in [-0.25, -0.2) is 9.78 Å². The van der Waals surface area contributed by atoms with Crippen LogP contribution in [0.4, 0.5) is 5.82 Å². The first-order valence-corrected chi connectivity index (χ1v) is 8.48. The van der Waals surface area contributed by atoms with Crippen molar-refractivity contribution in [2.45, 2.75) is 25.8 Å². The number of imidazole rings is 1. The summed E-state index contributed by atoms with van der Waals surface area (Å²) >= 11 is 0. The number of rotatable bonds is 3. The molecule has 0 bridgehead atoms. The molecule has 1 aliphatic rings. The summed E-state index contributed by atoms with van der Waals surface area (Å²) in [6, 6.07) is 9.91. The average Bonchev–Trinajstić information content (AvgIpc) is 2.91. The minimum Gasteiger partial charge on any atom is -0.354 e. The molecule has 0 spiro atoms. The number of hydrogen-bond donors (Lipinski definition) is 1. The molecule has 0 unspecified atom stereocenters. The Morgan fingerprint density at radius 1 is 1.20 bits per heavy atom. The number of nitrogens with zero attached hydrogens (tertiary/aromatic N) is 4. The average molecular weight is 339 g/mol. The lowest BCUT2D eigenvalue weighted by atomic mass is 10.1. The summed E-state index contributed by atoms with van der Waals surface area (Å²) in [6.45, 7) is 5.77. The molecule has 1 aromatic carbocycles. The number of nitrogens with one attached hydrogen (secondary N) is 1. The van der Waals surface area contributed by atoms with Crippen molar-refractivity contribution in [3.8, 4) is 0 Å². The van der Waals surface area contributed by atoms with Crippen LogP contribution >= 0.6 is 0 Å². The van der Waals surface area contributed by atoms with E-state index in [2.05, 4.69) is 29.5 Å². The summed E-state index contributed by atoms with van der Waals surface area (Å²) in [4.78, 5) is 33.2. The molecule has 3 aromatic rings. The van der Waals surface area contributed by atoms with Crippen LogP contribution in [0.2, 0.25) is 0 Å². The molecule has 1 N–H and O–H groups in total. The number of para-hydroxylation sites is 2. The van der Waals surface area contributed by atoms with Crippen molar-refractivity contribution in [3.63, 3.8) is 0 Å². The fourth-order valence-electron chi connectivity index (χ4n) is 3.38. The molecule has 7 heteroatoms. The van der Waals surface area contributed by atoms with E-state index in [0.717, 1.165) is 34.5 Å². The van der Waals surface area contributed by atoms with E-state index >= 15 is 0 Å². The van der Waals surface area contributed by atoms with Gasteiger partial charge in [0, 0.05) is 32.1 Å². The molecule has 0 atom stereocenters. The summed E-state index contributed by atoms with van der Waals surface area (Å²) < 4.78 is 3.37. The lowest BCUT2D eigenvalue weighted by Crippen LogP contribution is -2.50. The summed E-state index contributed by atoms with van der Waals surface area (Å²) in [5.74, 6) is 1.98. The van der Waals surface area contributed by atoms with Crippen LogP contribution in [0.15, 0.2) is 39.9 Å². The van der Waals surface area contributed by atoms with Crippen molar-refractivity contribution in [1.29, 1.82) is 0 Å². The second-order valence-electron chi connectivity index (χ2n) is 6.90. The van der Waals surface area contributed by atoms with Crippen molar-refractivity contribution >= 4 is 16.9 Å². The Kier molecular flexibility index (Phi) is 3.52. The van der Waals surface area contributed by atoms with Gasteiger partial charge in [-0.2, -0.15) is 0 Å². The molecule has 0 aliphatic carbocycles. The van der Waals surface area contributed by atoms with E-state index in [-0.39, 0.29) is 17.3 Å². The van der Waals surface area contributed by atoms with Crippen LogP contribution in [-0.2, 0) is 7.05 Å². The van der Waals surface area contributed by atoms with Crippen LogP contribution in [-0.4, -0.2) is 32.2 Å². The first-order chi connectivity index (χ1) is 12.0. The maximum Gasteiger partial charge on any atom is 0.329 e. The van der Waals surface area contributed by atoms with Crippen LogP contribution in [0.3, 0.4) is 0 Å². The van der Waals surface area contributed by atoms with Gasteiger partial charge < -0.3 is 9.47 Å². The van der Waals surface area contributed by atoms with E-state index in [0.29, 0.717) is 11.7 Å². The Morgan fingerprint density at radius 2 is 1.92 bits per heavy atom. The normalized spacial score (nSPS) is 15.1. The van der Waals surface area contributed by atoms with E-state index in [1.54, 1.807) is 0 Å². The van der Waals surface area contributed by atoms with Crippen LogP contribution in [0.25, 0.3) is 11.0 Å². The molecule has 1 fully saturated rings. The van der Waals surface area contributed by atoms with Crippen molar-refractivity contribution < 1.29 is 0 Å². The number of fused-ring (bicyclic) bond motifs is 1. The standard InChI is InChI=1S/C18H21N5O2/c1-11(2)17-19-13-6-4-5-7-14(13)23(17)12-9-22(10-12)15-8-16(24)21(3)18(25)20-15/h4-8,11-12H,9-10H2,1-3H3,(H,20,25). The Labute approximate surface area is 144 Å². The molecular formula is C18H21N5O2. The zero-order valence-electron chi connectivity index (χ0n) is 14.6. The van der Waals surface area contributed by atoms with Crippen LogP contribution in [0.1, 0.15) is 31.6 Å². The van der Waals surface area contributed by atoms with Crippen molar-refractivity contribution in [3.05, 3.63) is 57.0 Å². The van der Waals surface area contributed by atoms with Gasteiger partial charge in [0.25, 0.3) is 5.56 Å². The minimum absolute atomic E-state index is 0.275. The lowest BCUT2D eigenvalue weighted by Gasteiger charge is -2.42. The molecule has 4 rings (SSSR count). The first kappa shape index (κ1) is 15.7. The zero-order valence-corrected chi connectivity index (χ0v) is 14.6. The van der Waals surface area contributed by atoms with E-state index in [9.17, 15) is 9.59 Å². The predicted octanol–water partition coefficient (Wildman–Crippen LogP) is 1.61. The maximum absolute atomic E-state index is 11.8. The van der Waals surface area contributed by atoms with E-state index < -0.39 is 0 Å². The smallest absolute Gasteiger partial charge is 0.329 e. The van der Waals surface area contributed by atoms with Gasteiger partial charge in [0.05, 0.1) is 17.1 Å². The summed E-state index contributed by atoms with van der Waals surface area (Å²) in [5, 5.41) is 0. The highest BCUT2D eigenvalue weighted by Gasteiger charge is 2.32. The summed E-state index contributed by atoms with van der Waals surface area (Å²) in [5.41, 5.74) is 1.46. The molecule has 1 aliphatic heterocycles. The van der Waals surface area contributed by atoms with Crippen LogP contribution in [0.5, 0.6) is 0 Å². The lowest BCUT2D eigenvalue weighted by molar-refractivity contribution is 0.389. The SMILES string of the molecule is CC(C)c1nc2ccccc2n1C1CN(c2cc(=O)n(C)c(=O)[nH]2)C1. The van der Waals surface area contributed by atoms with Gasteiger partial charge in [0.15, 0.2) is 0 Å². The molecular weight excluding hydrogens is 318 g/mol. The van der Waals surface area contributed by atoms with Gasteiger partial charge >= 0.3 is 5.69 Å². The minimum atomic E-state index is -0.387. The van der Waals surface area contributed by atoms with Gasteiger partial charge in [-0.3, -0.25) is 14.3 Å². The summed E-state index contributed by atoms with van der Waals surface area (Å²) in [6.07, 6.45) is 0. The molecule has 3 heterocycles. The van der Waals surface area contributed by atoms with E-state index in [1.165, 1.54) is 13.1 Å². The molecule has 1 saturated heterocycles. The third kappa shape index (κ3) is 2.47. The van der Waals surface area contributed by atoms with Crippen molar-refractivity contribution in [2.24, 2.45) is 7.05 Å². The zero-order chi connectivity index (χ0) is 17.7. The Bertz CT molecular complexity index is 1020. The quantitative estimate of drug-likeness (QED) is 0.786. The van der Waals surface area contributed by atoms with Crippen LogP contribution in [0, 0.1) is 0 Å². The molecule has 130 valence electrons. The number of aromatic nitrogens is 4. The third-order valence-corrected chi connectivity index (χ3v) is 4.84. The maximum atomic E-state index is 11.8. The number of anilines is 1. The topological polar surface area (TPSA) is 75.9 Å². The third-order valence-electron chi connectivity index (χ3n) is 4.84. The largest absolute Gasteiger partial charge is 0.354 e. The fourth-order valence-corrected chi connectivity index (χ4v) is 3.38. The molecule has 0 radical (unpaired) electrons. The molecule has 7 nitrogen and oxygen atoms in total. The highest BCUT2D eigenvalue weighted by molar-refractivity contribution is 5.76. The highest BCUT2D eigenvalue weighted by Crippen LogP contribution is 2.32. The predicted molar refractivity (Wildman–Crippen MR) is 97.4 cm³/mol. The Morgan fingerprint density at radius 3 is 2.60 bits per heavy atom. The summed E-state index contributed by atoms with van der Waals surface area (Å²) in [7, 11) is 1.47. The molecule has 0 saturated carbocycles. The first-order valence-electron chi connectivity index (χ1n) is 8.48. The monoisotopic (exact) mass is 339 g/mol. The second kappa shape index (κ2) is 5.61. The van der Waals surface area contributed by atoms with Gasteiger partial charge in [0.2, 0.25) is 0 Å². The number of H-pyrrole nitrogens is 1. The second-order valence-corrected chi connectivity index (χ2v) is 6.90. The number of benzene rings is 1. The van der Waals surface area contributed by atoms with Gasteiger partial charge in [0.1, 0.15) is 11.6 Å². The van der Waals surface area contributed by atoms with E-state index in [1.807, 2.05) is 23.1 Å². The molecule has 0 amide bonds. The highest BCUT2D eigenvalue weighted by atomic mass is 16.2. The van der Waals surface area contributed by atoms with Crippen molar-refractivity contribution in [1.82, 2.24) is 19.1 Å². The number of aromatic amines is 1. The van der Waals surface area contributed by atoms with Gasteiger partial charge in [-0.05, 0) is 12.1 Å². The number of hydrogen-bond acceptors (Lipinski definition) is 4. The Hall–Kier alpha value is -2.83. The molecule has 2 aromatic heterocycles. The Balaban J connectivity index is 1.67. The van der Waals surface area contributed by atoms with Crippen molar-refractivity contribution in [2.75, 3.05) is 18.0 Å². The van der Waals surface area contributed by atoms with Gasteiger partial charge in [-0.1, -0.05) is 26.0 Å². The molecule has 25 heavy (non-hydrogen) atoms. The van der Waals surface area contributed by atoms with Crippen LogP contribution < -0.4 is 16.1 Å².